The Kier molecular flexibility index (Phi) is 4.34. The van der Waals surface area contributed by atoms with Crippen molar-refractivity contribution in [2.45, 2.75) is 29.9 Å². The molecule has 0 N–H and O–H groups in total. The van der Waals surface area contributed by atoms with Gasteiger partial charge in [0.25, 0.3) is 0 Å². The van der Waals surface area contributed by atoms with Gasteiger partial charge in [0.1, 0.15) is 10.3 Å². The molecule has 0 spiro atoms. The number of nitrogens with zero attached hydrogens (tertiary/aromatic N) is 2. The molecule has 0 aliphatic heterocycles. The van der Waals surface area contributed by atoms with Crippen LogP contribution in [0.15, 0.2) is 4.34 Å². The van der Waals surface area contributed by atoms with E-state index in [1.165, 1.54) is 30.2 Å². The fourth-order valence-corrected chi connectivity index (χ4v) is 2.80. The van der Waals surface area contributed by atoms with E-state index in [4.69, 9.17) is 0 Å². The number of thioether (sulfide) groups is 1. The molecule has 1 unspecified atom stereocenters. The first-order valence-electron chi connectivity index (χ1n) is 4.24. The average Bonchev–Trinajstić information content (AvgIpc) is 2.64. The van der Waals surface area contributed by atoms with Gasteiger partial charge in [0.15, 0.2) is 4.34 Å². The number of carbonyl (C=O) groups excluding carboxylic acids is 1. The molecular weight excluding hydrogens is 220 g/mol. The van der Waals surface area contributed by atoms with Crippen LogP contribution in [-0.4, -0.2) is 28.5 Å². The SMILES string of the molecule is CCc1nnc(SC(C)C(=O)OC)s1. The van der Waals surface area contributed by atoms with Crippen molar-refractivity contribution in [3.63, 3.8) is 0 Å². The molecule has 0 bridgehead atoms. The molecular formula is C8H12N2O2S2. The van der Waals surface area contributed by atoms with Crippen LogP contribution in [0.2, 0.25) is 0 Å². The van der Waals surface area contributed by atoms with Gasteiger partial charge in [0, 0.05) is 0 Å². The van der Waals surface area contributed by atoms with Gasteiger partial charge >= 0.3 is 5.97 Å². The summed E-state index contributed by atoms with van der Waals surface area (Å²) in [6, 6.07) is 0. The lowest BCUT2D eigenvalue weighted by Gasteiger charge is -2.04. The smallest absolute Gasteiger partial charge is 0.318 e. The van der Waals surface area contributed by atoms with Crippen LogP contribution in [-0.2, 0) is 16.0 Å². The number of esters is 1. The van der Waals surface area contributed by atoms with Gasteiger partial charge in [-0.2, -0.15) is 0 Å². The third-order valence-electron chi connectivity index (χ3n) is 1.56. The number of aromatic nitrogens is 2. The minimum Gasteiger partial charge on any atom is -0.468 e. The Bertz CT molecular complexity index is 314. The molecule has 6 heteroatoms. The summed E-state index contributed by atoms with van der Waals surface area (Å²) in [6.45, 7) is 3.82. The lowest BCUT2D eigenvalue weighted by Crippen LogP contribution is -2.14. The second-order valence-electron chi connectivity index (χ2n) is 2.60. The number of hydrogen-bond acceptors (Lipinski definition) is 6. The van der Waals surface area contributed by atoms with E-state index < -0.39 is 0 Å². The minimum atomic E-state index is -0.233. The number of aryl methyl sites for hydroxylation is 1. The Morgan fingerprint density at radius 2 is 2.36 bits per heavy atom. The van der Waals surface area contributed by atoms with Crippen molar-refractivity contribution in [1.82, 2.24) is 10.2 Å². The molecule has 14 heavy (non-hydrogen) atoms. The van der Waals surface area contributed by atoms with Crippen LogP contribution >= 0.6 is 23.1 Å². The molecule has 1 heterocycles. The summed E-state index contributed by atoms with van der Waals surface area (Å²) < 4.78 is 5.43. The predicted octanol–water partition coefficient (Wildman–Crippen LogP) is 1.75. The summed E-state index contributed by atoms with van der Waals surface area (Å²) in [4.78, 5) is 11.1. The summed E-state index contributed by atoms with van der Waals surface area (Å²) in [5.41, 5.74) is 0. The van der Waals surface area contributed by atoms with E-state index in [2.05, 4.69) is 14.9 Å². The fourth-order valence-electron chi connectivity index (χ4n) is 0.794. The summed E-state index contributed by atoms with van der Waals surface area (Å²) >= 11 is 2.90. The van der Waals surface area contributed by atoms with Gasteiger partial charge in [-0.3, -0.25) is 4.79 Å². The lowest BCUT2D eigenvalue weighted by molar-refractivity contribution is -0.139. The Morgan fingerprint density at radius 1 is 1.64 bits per heavy atom. The highest BCUT2D eigenvalue weighted by Gasteiger charge is 2.16. The minimum absolute atomic E-state index is 0.224. The Labute approximate surface area is 91.1 Å². The molecule has 1 atom stereocenters. The third kappa shape index (κ3) is 2.95. The first-order chi connectivity index (χ1) is 6.67. The molecule has 0 aliphatic rings. The highest BCUT2D eigenvalue weighted by molar-refractivity contribution is 8.02. The summed E-state index contributed by atoms with van der Waals surface area (Å²) in [7, 11) is 1.39. The molecule has 0 saturated heterocycles. The quantitative estimate of drug-likeness (QED) is 0.585. The van der Waals surface area contributed by atoms with Crippen molar-refractivity contribution in [3.8, 4) is 0 Å². The van der Waals surface area contributed by atoms with Gasteiger partial charge in [0.2, 0.25) is 0 Å². The van der Waals surface area contributed by atoms with Gasteiger partial charge in [-0.05, 0) is 13.3 Å². The van der Waals surface area contributed by atoms with Crippen molar-refractivity contribution >= 4 is 29.1 Å². The van der Waals surface area contributed by atoms with Crippen molar-refractivity contribution in [1.29, 1.82) is 0 Å². The molecule has 0 amide bonds. The van der Waals surface area contributed by atoms with E-state index in [1.54, 1.807) is 6.92 Å². The van der Waals surface area contributed by atoms with Crippen LogP contribution in [0.1, 0.15) is 18.9 Å². The zero-order valence-corrected chi connectivity index (χ0v) is 9.94. The van der Waals surface area contributed by atoms with Crippen LogP contribution in [0, 0.1) is 0 Å². The van der Waals surface area contributed by atoms with Crippen molar-refractivity contribution in [2.24, 2.45) is 0 Å². The van der Waals surface area contributed by atoms with E-state index in [-0.39, 0.29) is 11.2 Å². The van der Waals surface area contributed by atoms with Gasteiger partial charge < -0.3 is 4.74 Å². The van der Waals surface area contributed by atoms with E-state index in [0.29, 0.717) is 0 Å². The lowest BCUT2D eigenvalue weighted by atomic mass is 10.5. The molecule has 0 aliphatic carbocycles. The number of methoxy groups -OCH3 is 1. The predicted molar refractivity (Wildman–Crippen MR) is 56.6 cm³/mol. The van der Waals surface area contributed by atoms with Crippen LogP contribution in [0.4, 0.5) is 0 Å². The van der Waals surface area contributed by atoms with E-state index in [1.807, 2.05) is 6.92 Å². The van der Waals surface area contributed by atoms with Crippen LogP contribution in [0.5, 0.6) is 0 Å². The molecule has 1 aromatic rings. The number of carbonyl (C=O) groups is 1. The van der Waals surface area contributed by atoms with Crippen LogP contribution < -0.4 is 0 Å². The molecule has 0 radical (unpaired) electrons. The van der Waals surface area contributed by atoms with E-state index in [9.17, 15) is 4.79 Å². The first kappa shape index (κ1) is 11.5. The summed E-state index contributed by atoms with van der Waals surface area (Å²) in [5, 5.41) is 8.70. The number of rotatable bonds is 4. The zero-order valence-electron chi connectivity index (χ0n) is 8.31. The van der Waals surface area contributed by atoms with Gasteiger partial charge in [0.05, 0.1) is 7.11 Å². The Balaban J connectivity index is 2.55. The highest BCUT2D eigenvalue weighted by atomic mass is 32.2. The van der Waals surface area contributed by atoms with Crippen molar-refractivity contribution in [3.05, 3.63) is 5.01 Å². The maximum atomic E-state index is 11.1. The molecule has 1 aromatic heterocycles. The van der Waals surface area contributed by atoms with Crippen molar-refractivity contribution < 1.29 is 9.53 Å². The topological polar surface area (TPSA) is 52.1 Å². The standard InChI is InChI=1S/C8H12N2O2S2/c1-4-6-9-10-8(14-6)13-5(2)7(11)12-3/h5H,4H2,1-3H3. The van der Waals surface area contributed by atoms with Crippen LogP contribution in [0.25, 0.3) is 0 Å². The zero-order chi connectivity index (χ0) is 10.6. The average molecular weight is 232 g/mol. The monoisotopic (exact) mass is 232 g/mol. The molecule has 1 rings (SSSR count). The number of hydrogen-bond donors (Lipinski definition) is 0. The number of ether oxygens (including phenoxy) is 1. The maximum Gasteiger partial charge on any atom is 0.318 e. The molecule has 0 saturated carbocycles. The Morgan fingerprint density at radius 3 is 2.86 bits per heavy atom. The highest BCUT2D eigenvalue weighted by Crippen LogP contribution is 2.27. The third-order valence-corrected chi connectivity index (χ3v) is 3.79. The van der Waals surface area contributed by atoms with E-state index >= 15 is 0 Å². The van der Waals surface area contributed by atoms with Gasteiger partial charge in [-0.1, -0.05) is 30.0 Å². The van der Waals surface area contributed by atoms with Crippen LogP contribution in [0.3, 0.4) is 0 Å². The van der Waals surface area contributed by atoms with Crippen molar-refractivity contribution in [2.75, 3.05) is 7.11 Å². The molecule has 4 nitrogen and oxygen atoms in total. The Hall–Kier alpha value is -0.620. The largest absolute Gasteiger partial charge is 0.468 e. The normalized spacial score (nSPS) is 12.5. The van der Waals surface area contributed by atoms with E-state index in [0.717, 1.165) is 15.8 Å². The molecule has 0 fully saturated rings. The summed E-state index contributed by atoms with van der Waals surface area (Å²) in [5.74, 6) is -0.233. The second-order valence-corrected chi connectivity index (χ2v) is 5.25. The molecule has 78 valence electrons. The van der Waals surface area contributed by atoms with Gasteiger partial charge in [-0.25, -0.2) is 0 Å². The maximum absolute atomic E-state index is 11.1. The first-order valence-corrected chi connectivity index (χ1v) is 5.93. The second kappa shape index (κ2) is 5.31. The molecule has 0 aromatic carbocycles. The fraction of sp³-hybridized carbons (Fsp3) is 0.625. The van der Waals surface area contributed by atoms with Gasteiger partial charge in [-0.15, -0.1) is 10.2 Å². The summed E-state index contributed by atoms with van der Waals surface area (Å²) in [6.07, 6.45) is 0.880.